The molecule has 0 atom stereocenters. The van der Waals surface area contributed by atoms with Crippen LogP contribution < -0.4 is 5.32 Å². The van der Waals surface area contributed by atoms with E-state index < -0.39 is 0 Å². The number of aromatic nitrogens is 1. The summed E-state index contributed by atoms with van der Waals surface area (Å²) in [6.07, 6.45) is 2.07. The van der Waals surface area contributed by atoms with E-state index in [2.05, 4.69) is 58.9 Å². The van der Waals surface area contributed by atoms with E-state index in [1.807, 2.05) is 6.07 Å². The van der Waals surface area contributed by atoms with Gasteiger partial charge in [0.2, 0.25) is 0 Å². The molecule has 2 aromatic rings. The van der Waals surface area contributed by atoms with E-state index in [-0.39, 0.29) is 0 Å². The van der Waals surface area contributed by atoms with Gasteiger partial charge in [0.1, 0.15) is 0 Å². The number of nitrogens with one attached hydrogen (secondary N) is 1. The number of hydrogen-bond donors (Lipinski definition) is 1. The van der Waals surface area contributed by atoms with Gasteiger partial charge in [0.25, 0.3) is 0 Å². The Morgan fingerprint density at radius 1 is 1.28 bits per heavy atom. The number of halogens is 2. The minimum Gasteiger partial charge on any atom is -0.385 e. The van der Waals surface area contributed by atoms with Gasteiger partial charge in [-0.2, -0.15) is 0 Å². The van der Waals surface area contributed by atoms with E-state index in [0.29, 0.717) is 0 Å². The Morgan fingerprint density at radius 2 is 2.06 bits per heavy atom. The van der Waals surface area contributed by atoms with E-state index in [1.165, 1.54) is 0 Å². The highest BCUT2D eigenvalue weighted by molar-refractivity contribution is 14.1. The number of rotatable bonds is 4. The number of hydrogen-bond acceptors (Lipinski definition) is 2. The van der Waals surface area contributed by atoms with Crippen molar-refractivity contribution in [1.29, 1.82) is 0 Å². The Balaban J connectivity index is 2.68. The summed E-state index contributed by atoms with van der Waals surface area (Å²) < 4.78 is 1.13. The molecule has 1 N–H and O–H groups in total. The molecule has 0 saturated carbocycles. The van der Waals surface area contributed by atoms with E-state index >= 15 is 0 Å². The fraction of sp³-hybridized carbons (Fsp3) is 0.357. The molecular formula is C14H16ClIN2. The molecule has 0 spiro atoms. The van der Waals surface area contributed by atoms with Crippen LogP contribution in [-0.4, -0.2) is 11.5 Å². The van der Waals surface area contributed by atoms with Crippen molar-refractivity contribution in [3.05, 3.63) is 32.5 Å². The van der Waals surface area contributed by atoms with Crippen molar-refractivity contribution in [1.82, 2.24) is 4.98 Å². The summed E-state index contributed by atoms with van der Waals surface area (Å²) in [6, 6.07) is 6.23. The highest BCUT2D eigenvalue weighted by Crippen LogP contribution is 2.31. The lowest BCUT2D eigenvalue weighted by atomic mass is 10.1. The van der Waals surface area contributed by atoms with Crippen molar-refractivity contribution in [3.8, 4) is 0 Å². The predicted molar refractivity (Wildman–Crippen MR) is 87.6 cm³/mol. The molecule has 2 nitrogen and oxygen atoms in total. The molecule has 0 aliphatic carbocycles. The topological polar surface area (TPSA) is 24.9 Å². The summed E-state index contributed by atoms with van der Waals surface area (Å²) in [4.78, 5) is 4.67. The Bertz CT molecular complexity index is 569. The summed E-state index contributed by atoms with van der Waals surface area (Å²) in [6.45, 7) is 5.16. The molecule has 1 aromatic heterocycles. The fourth-order valence-corrected chi connectivity index (χ4v) is 3.09. The van der Waals surface area contributed by atoms with Gasteiger partial charge in [-0.1, -0.05) is 24.9 Å². The Morgan fingerprint density at radius 3 is 2.72 bits per heavy atom. The maximum atomic E-state index is 6.31. The minimum absolute atomic E-state index is 0.731. The summed E-state index contributed by atoms with van der Waals surface area (Å²) in [5.74, 6) is 0. The molecule has 4 heteroatoms. The van der Waals surface area contributed by atoms with E-state index in [4.69, 9.17) is 11.6 Å². The molecule has 0 radical (unpaired) electrons. The normalized spacial score (nSPS) is 10.9. The summed E-state index contributed by atoms with van der Waals surface area (Å²) in [5, 5.41) is 5.24. The molecular weight excluding hydrogens is 359 g/mol. The fourth-order valence-electron chi connectivity index (χ4n) is 2.03. The summed E-state index contributed by atoms with van der Waals surface area (Å²) in [7, 11) is 0. The smallest absolute Gasteiger partial charge is 0.0912 e. The number of aryl methyl sites for hydroxylation is 1. The maximum Gasteiger partial charge on any atom is 0.0912 e. The standard InChI is InChI=1S/C14H16ClIN2/c1-3-5-10-8-13(17-4-2)11-6-9(16)7-12(15)14(11)18-10/h6-8H,3-5H2,1-2H3,(H,17,18). The molecule has 18 heavy (non-hydrogen) atoms. The van der Waals surface area contributed by atoms with Gasteiger partial charge in [-0.3, -0.25) is 4.98 Å². The van der Waals surface area contributed by atoms with Gasteiger partial charge >= 0.3 is 0 Å². The SMILES string of the molecule is CCCc1cc(NCC)c2cc(I)cc(Cl)c2n1. The number of pyridine rings is 1. The molecule has 0 fully saturated rings. The Kier molecular flexibility index (Phi) is 4.67. The monoisotopic (exact) mass is 374 g/mol. The number of fused-ring (bicyclic) bond motifs is 1. The molecule has 0 aliphatic heterocycles. The molecule has 0 bridgehead atoms. The molecule has 96 valence electrons. The largest absolute Gasteiger partial charge is 0.385 e. The zero-order valence-corrected chi connectivity index (χ0v) is 13.5. The lowest BCUT2D eigenvalue weighted by molar-refractivity contribution is 0.890. The van der Waals surface area contributed by atoms with Crippen LogP contribution in [0.2, 0.25) is 5.02 Å². The zero-order chi connectivity index (χ0) is 13.1. The molecule has 0 unspecified atom stereocenters. The van der Waals surface area contributed by atoms with Crippen LogP contribution in [0.15, 0.2) is 18.2 Å². The van der Waals surface area contributed by atoms with Crippen molar-refractivity contribution in [2.45, 2.75) is 26.7 Å². The molecule has 0 aliphatic rings. The lowest BCUT2D eigenvalue weighted by Crippen LogP contribution is -2.01. The van der Waals surface area contributed by atoms with Crippen LogP contribution in [0.1, 0.15) is 26.0 Å². The van der Waals surface area contributed by atoms with Crippen LogP contribution >= 0.6 is 34.2 Å². The number of benzene rings is 1. The second-order valence-electron chi connectivity index (χ2n) is 4.23. The summed E-state index contributed by atoms with van der Waals surface area (Å²) in [5.41, 5.74) is 3.13. The van der Waals surface area contributed by atoms with E-state index in [9.17, 15) is 0 Å². The van der Waals surface area contributed by atoms with Crippen molar-refractivity contribution < 1.29 is 0 Å². The van der Waals surface area contributed by atoms with Crippen LogP contribution in [0.5, 0.6) is 0 Å². The average molecular weight is 375 g/mol. The van der Waals surface area contributed by atoms with Gasteiger partial charge in [0.15, 0.2) is 0 Å². The first-order valence-electron chi connectivity index (χ1n) is 6.18. The predicted octanol–water partition coefficient (Wildman–Crippen LogP) is 4.88. The summed E-state index contributed by atoms with van der Waals surface area (Å²) >= 11 is 8.60. The van der Waals surface area contributed by atoms with Gasteiger partial charge in [-0.15, -0.1) is 0 Å². The van der Waals surface area contributed by atoms with Crippen LogP contribution in [0, 0.1) is 3.57 Å². The third kappa shape index (κ3) is 2.88. The second-order valence-corrected chi connectivity index (χ2v) is 5.88. The zero-order valence-electron chi connectivity index (χ0n) is 10.6. The van der Waals surface area contributed by atoms with Crippen molar-refractivity contribution in [2.24, 2.45) is 0 Å². The van der Waals surface area contributed by atoms with E-state index in [0.717, 1.165) is 50.3 Å². The minimum atomic E-state index is 0.731. The second kappa shape index (κ2) is 6.06. The quantitative estimate of drug-likeness (QED) is 0.772. The maximum absolute atomic E-state index is 6.31. The first-order chi connectivity index (χ1) is 8.65. The number of anilines is 1. The van der Waals surface area contributed by atoms with E-state index in [1.54, 1.807) is 0 Å². The highest BCUT2D eigenvalue weighted by Gasteiger charge is 2.09. The van der Waals surface area contributed by atoms with Crippen LogP contribution in [0.3, 0.4) is 0 Å². The third-order valence-corrected chi connectivity index (χ3v) is 3.67. The van der Waals surface area contributed by atoms with Gasteiger partial charge in [0, 0.05) is 26.9 Å². The Hall–Kier alpha value is -0.550. The molecule has 2 rings (SSSR count). The van der Waals surface area contributed by atoms with Crippen LogP contribution in [0.25, 0.3) is 10.9 Å². The highest BCUT2D eigenvalue weighted by atomic mass is 127. The molecule has 0 saturated heterocycles. The van der Waals surface area contributed by atoms with Crippen molar-refractivity contribution in [3.63, 3.8) is 0 Å². The van der Waals surface area contributed by atoms with Crippen LogP contribution in [0.4, 0.5) is 5.69 Å². The van der Waals surface area contributed by atoms with Gasteiger partial charge in [-0.25, -0.2) is 0 Å². The molecule has 1 aromatic carbocycles. The van der Waals surface area contributed by atoms with Gasteiger partial charge in [0.05, 0.1) is 10.5 Å². The molecule has 0 amide bonds. The van der Waals surface area contributed by atoms with Crippen molar-refractivity contribution >= 4 is 50.8 Å². The molecule has 1 heterocycles. The van der Waals surface area contributed by atoms with Crippen LogP contribution in [-0.2, 0) is 6.42 Å². The first-order valence-corrected chi connectivity index (χ1v) is 7.64. The lowest BCUT2D eigenvalue weighted by Gasteiger charge is -2.12. The first kappa shape index (κ1) is 13.9. The average Bonchev–Trinajstić information content (AvgIpc) is 2.31. The number of nitrogens with zero attached hydrogens (tertiary/aromatic N) is 1. The van der Waals surface area contributed by atoms with Gasteiger partial charge < -0.3 is 5.32 Å². The third-order valence-electron chi connectivity index (χ3n) is 2.76. The Labute approximate surface area is 126 Å². The van der Waals surface area contributed by atoms with Gasteiger partial charge in [-0.05, 0) is 54.1 Å². The van der Waals surface area contributed by atoms with Crippen molar-refractivity contribution in [2.75, 3.05) is 11.9 Å².